The predicted octanol–water partition coefficient (Wildman–Crippen LogP) is 7.17. The first-order valence-corrected chi connectivity index (χ1v) is 13.2. The number of halogens is 2. The smallest absolute Gasteiger partial charge is 0.434 e. The molecule has 9 nitrogen and oxygen atoms in total. The number of carbonyl (C=O) groups is 2. The molecular weight excluding hydrogens is 560 g/mol. The van der Waals surface area contributed by atoms with Gasteiger partial charge in [0.15, 0.2) is 11.6 Å². The lowest BCUT2D eigenvalue weighted by Gasteiger charge is -2.29. The topological polar surface area (TPSA) is 99.2 Å². The van der Waals surface area contributed by atoms with Crippen LogP contribution < -0.4 is 19.9 Å². The summed E-state index contributed by atoms with van der Waals surface area (Å²) in [5, 5.41) is 1.15. The minimum atomic E-state index is -1.01. The number of ether oxygens (including phenoxy) is 4. The SMILES string of the molecule is COC(=O)c1cccc(COc2ccc(-c3cc(F)c(F)cc3OC)cc2)c1NN(C(=O)OC(C)(C)C)c1cccnc1. The Morgan fingerprint density at radius 2 is 1.67 bits per heavy atom. The zero-order chi connectivity index (χ0) is 31.1. The van der Waals surface area contributed by atoms with Crippen LogP contribution in [-0.4, -0.2) is 36.9 Å². The van der Waals surface area contributed by atoms with E-state index in [0.717, 1.165) is 17.1 Å². The maximum Gasteiger partial charge on any atom is 0.434 e. The second-order valence-corrected chi connectivity index (χ2v) is 10.2. The highest BCUT2D eigenvalue weighted by Crippen LogP contribution is 2.33. The first kappa shape index (κ1) is 30.8. The molecule has 0 saturated carbocycles. The summed E-state index contributed by atoms with van der Waals surface area (Å²) in [4.78, 5) is 30.1. The molecule has 1 amide bonds. The highest BCUT2D eigenvalue weighted by atomic mass is 19.2. The fraction of sp³-hybridized carbons (Fsp3) is 0.219. The molecule has 3 aromatic carbocycles. The number of pyridine rings is 1. The number of aromatic nitrogens is 1. The normalized spacial score (nSPS) is 11.0. The minimum Gasteiger partial charge on any atom is -0.496 e. The van der Waals surface area contributed by atoms with Gasteiger partial charge in [-0.3, -0.25) is 10.4 Å². The Balaban J connectivity index is 1.64. The third kappa shape index (κ3) is 7.56. The van der Waals surface area contributed by atoms with E-state index in [1.54, 1.807) is 81.6 Å². The molecule has 11 heteroatoms. The van der Waals surface area contributed by atoms with Crippen LogP contribution in [0, 0.1) is 11.6 Å². The van der Waals surface area contributed by atoms with Crippen molar-refractivity contribution in [1.29, 1.82) is 0 Å². The molecule has 0 bridgehead atoms. The number of benzene rings is 3. The molecule has 1 heterocycles. The van der Waals surface area contributed by atoms with Crippen LogP contribution in [0.1, 0.15) is 36.7 Å². The molecule has 1 N–H and O–H groups in total. The molecule has 0 unspecified atom stereocenters. The van der Waals surface area contributed by atoms with E-state index >= 15 is 0 Å². The van der Waals surface area contributed by atoms with E-state index in [2.05, 4.69) is 10.4 Å². The number of amides is 1. The second-order valence-electron chi connectivity index (χ2n) is 10.2. The van der Waals surface area contributed by atoms with Crippen molar-refractivity contribution in [3.63, 3.8) is 0 Å². The number of anilines is 2. The van der Waals surface area contributed by atoms with Crippen molar-refractivity contribution < 1.29 is 37.3 Å². The van der Waals surface area contributed by atoms with E-state index < -0.39 is 29.3 Å². The zero-order valence-electron chi connectivity index (χ0n) is 24.3. The Bertz CT molecular complexity index is 1590. The van der Waals surface area contributed by atoms with Gasteiger partial charge in [-0.25, -0.2) is 18.4 Å². The van der Waals surface area contributed by atoms with Crippen molar-refractivity contribution in [2.45, 2.75) is 33.0 Å². The summed E-state index contributed by atoms with van der Waals surface area (Å²) in [6, 6.07) is 17.0. The molecule has 0 aliphatic carbocycles. The Morgan fingerprint density at radius 3 is 2.30 bits per heavy atom. The summed E-state index contributed by atoms with van der Waals surface area (Å²) in [5.41, 5.74) is 4.48. The molecule has 4 rings (SSSR count). The molecule has 0 spiro atoms. The van der Waals surface area contributed by atoms with Gasteiger partial charge in [-0.2, -0.15) is 5.01 Å². The van der Waals surface area contributed by atoms with Crippen LogP contribution in [0.4, 0.5) is 25.0 Å². The minimum absolute atomic E-state index is 0.0176. The van der Waals surface area contributed by atoms with Crippen LogP contribution in [0.2, 0.25) is 0 Å². The standard InChI is InChI=1S/C32H31F2N3O6/c1-32(2,3)43-31(39)37(22-9-7-15-35-18-22)36-29-21(8-6-10-24(29)30(38)41-5)19-42-23-13-11-20(12-14-23)25-16-26(33)27(34)17-28(25)40-4/h6-18,36H,19H2,1-5H3. The lowest BCUT2D eigenvalue weighted by molar-refractivity contribution is 0.0578. The first-order valence-electron chi connectivity index (χ1n) is 13.2. The molecule has 0 atom stereocenters. The van der Waals surface area contributed by atoms with E-state index in [4.69, 9.17) is 18.9 Å². The quantitative estimate of drug-likeness (QED) is 0.162. The highest BCUT2D eigenvalue weighted by Gasteiger charge is 2.27. The van der Waals surface area contributed by atoms with Gasteiger partial charge in [0.05, 0.1) is 37.4 Å². The summed E-state index contributed by atoms with van der Waals surface area (Å²) in [7, 11) is 2.63. The van der Waals surface area contributed by atoms with Gasteiger partial charge in [-0.1, -0.05) is 24.3 Å². The summed E-state index contributed by atoms with van der Waals surface area (Å²) in [6.07, 6.45) is 2.30. The molecule has 0 fully saturated rings. The number of carbonyl (C=O) groups excluding carboxylic acids is 2. The molecule has 224 valence electrons. The number of methoxy groups -OCH3 is 2. The summed E-state index contributed by atoms with van der Waals surface area (Å²) in [6.45, 7) is 5.20. The largest absolute Gasteiger partial charge is 0.496 e. The number of rotatable bonds is 9. The van der Waals surface area contributed by atoms with Gasteiger partial charge in [-0.15, -0.1) is 0 Å². The Hall–Kier alpha value is -5.19. The van der Waals surface area contributed by atoms with Crippen molar-refractivity contribution in [2.75, 3.05) is 24.7 Å². The van der Waals surface area contributed by atoms with Gasteiger partial charge < -0.3 is 18.9 Å². The lowest BCUT2D eigenvalue weighted by Crippen LogP contribution is -2.41. The molecule has 0 radical (unpaired) electrons. The van der Waals surface area contributed by atoms with Gasteiger partial charge >= 0.3 is 12.1 Å². The number of esters is 1. The van der Waals surface area contributed by atoms with Crippen LogP contribution in [0.15, 0.2) is 79.1 Å². The van der Waals surface area contributed by atoms with Crippen molar-refractivity contribution in [3.05, 3.63) is 102 Å². The number of hydrogen-bond donors (Lipinski definition) is 1. The molecule has 0 aliphatic rings. The maximum absolute atomic E-state index is 13.9. The average Bonchev–Trinajstić information content (AvgIpc) is 2.99. The van der Waals surface area contributed by atoms with Crippen molar-refractivity contribution in [1.82, 2.24) is 4.98 Å². The van der Waals surface area contributed by atoms with Crippen LogP contribution in [0.25, 0.3) is 11.1 Å². The Kier molecular flexibility index (Phi) is 9.44. The van der Waals surface area contributed by atoms with Crippen LogP contribution >= 0.6 is 0 Å². The molecule has 1 aromatic heterocycles. The van der Waals surface area contributed by atoms with Gasteiger partial charge in [0.2, 0.25) is 0 Å². The lowest BCUT2D eigenvalue weighted by atomic mass is 10.0. The van der Waals surface area contributed by atoms with Crippen molar-refractivity contribution >= 4 is 23.4 Å². The molecular formula is C32H31F2N3O6. The second kappa shape index (κ2) is 13.2. The van der Waals surface area contributed by atoms with E-state index in [9.17, 15) is 18.4 Å². The Labute approximate surface area is 247 Å². The molecule has 43 heavy (non-hydrogen) atoms. The van der Waals surface area contributed by atoms with Gasteiger partial charge in [0.25, 0.3) is 0 Å². The van der Waals surface area contributed by atoms with Crippen LogP contribution in [0.5, 0.6) is 11.5 Å². The molecule has 4 aromatic rings. The van der Waals surface area contributed by atoms with E-state index in [-0.39, 0.29) is 23.6 Å². The van der Waals surface area contributed by atoms with Crippen LogP contribution in [-0.2, 0) is 16.1 Å². The Morgan fingerprint density at radius 1 is 0.953 bits per heavy atom. The van der Waals surface area contributed by atoms with Gasteiger partial charge in [-0.05, 0) is 62.7 Å². The van der Waals surface area contributed by atoms with Crippen LogP contribution in [0.3, 0.4) is 0 Å². The number of hydrogen-bond acceptors (Lipinski definition) is 8. The fourth-order valence-corrected chi connectivity index (χ4v) is 4.07. The summed E-state index contributed by atoms with van der Waals surface area (Å²) in [5.74, 6) is -1.99. The van der Waals surface area contributed by atoms with Gasteiger partial charge in [0, 0.05) is 23.4 Å². The van der Waals surface area contributed by atoms with Crippen molar-refractivity contribution in [3.8, 4) is 22.6 Å². The average molecular weight is 592 g/mol. The maximum atomic E-state index is 13.9. The molecule has 0 aliphatic heterocycles. The number of para-hydroxylation sites is 1. The number of nitrogens with zero attached hydrogens (tertiary/aromatic N) is 2. The highest BCUT2D eigenvalue weighted by molar-refractivity contribution is 5.99. The summed E-state index contributed by atoms with van der Waals surface area (Å²) >= 11 is 0. The molecule has 0 saturated heterocycles. The number of hydrazine groups is 1. The zero-order valence-corrected chi connectivity index (χ0v) is 24.3. The first-order chi connectivity index (χ1) is 20.5. The predicted molar refractivity (Wildman–Crippen MR) is 157 cm³/mol. The van der Waals surface area contributed by atoms with Gasteiger partial charge in [0.1, 0.15) is 23.7 Å². The van der Waals surface area contributed by atoms with E-state index in [1.807, 2.05) is 0 Å². The monoisotopic (exact) mass is 591 g/mol. The fourth-order valence-electron chi connectivity index (χ4n) is 4.07. The third-order valence-corrected chi connectivity index (χ3v) is 6.06. The summed E-state index contributed by atoms with van der Waals surface area (Å²) < 4.78 is 49.4. The van der Waals surface area contributed by atoms with E-state index in [1.165, 1.54) is 20.4 Å². The van der Waals surface area contributed by atoms with Crippen molar-refractivity contribution in [2.24, 2.45) is 0 Å². The van der Waals surface area contributed by atoms with E-state index in [0.29, 0.717) is 28.1 Å². The third-order valence-electron chi connectivity index (χ3n) is 6.06. The number of nitrogens with one attached hydrogen (secondary N) is 1.